The van der Waals surface area contributed by atoms with Gasteiger partial charge in [-0.3, -0.25) is 0 Å². The summed E-state index contributed by atoms with van der Waals surface area (Å²) in [5.41, 5.74) is 7.03. The van der Waals surface area contributed by atoms with E-state index in [2.05, 4.69) is 0 Å². The van der Waals surface area contributed by atoms with Crippen LogP contribution in [-0.2, 0) is 11.3 Å². The average Bonchev–Trinajstić information content (AvgIpc) is 2.36. The second-order valence-electron chi connectivity index (χ2n) is 5.76. The van der Waals surface area contributed by atoms with Crippen LogP contribution in [-0.4, -0.2) is 29.3 Å². The van der Waals surface area contributed by atoms with E-state index in [0.717, 1.165) is 11.3 Å². The van der Waals surface area contributed by atoms with Crippen molar-refractivity contribution in [1.82, 2.24) is 0 Å². The van der Waals surface area contributed by atoms with Crippen molar-refractivity contribution in [2.45, 2.75) is 45.4 Å². The lowest BCUT2D eigenvalue weighted by molar-refractivity contribution is -0.138. The van der Waals surface area contributed by atoms with Gasteiger partial charge in [-0.15, -0.1) is 0 Å². The molecule has 0 aliphatic carbocycles. The Hall–Kier alpha value is -1.75. The summed E-state index contributed by atoms with van der Waals surface area (Å²) in [5, 5.41) is 9.42. The summed E-state index contributed by atoms with van der Waals surface area (Å²) in [4.78, 5) is 13.4. The molecule has 3 N–H and O–H groups in total. The van der Waals surface area contributed by atoms with Crippen LogP contribution < -0.4 is 15.4 Å². The molecule has 1 aromatic carbocycles. The quantitative estimate of drug-likeness (QED) is 0.881. The first kappa shape index (κ1) is 14.7. The summed E-state index contributed by atoms with van der Waals surface area (Å²) in [6.45, 7) is 6.80. The van der Waals surface area contributed by atoms with Gasteiger partial charge in [0.2, 0.25) is 0 Å². The first-order valence-electron chi connectivity index (χ1n) is 6.89. The van der Waals surface area contributed by atoms with Crippen molar-refractivity contribution >= 4 is 11.7 Å². The van der Waals surface area contributed by atoms with Crippen LogP contribution in [0.4, 0.5) is 5.69 Å². The number of anilines is 1. The van der Waals surface area contributed by atoms with E-state index in [0.29, 0.717) is 25.3 Å². The van der Waals surface area contributed by atoms with Gasteiger partial charge in [0, 0.05) is 6.54 Å². The first-order valence-corrected chi connectivity index (χ1v) is 6.89. The number of hydrogen-bond donors (Lipinski definition) is 2. The van der Waals surface area contributed by atoms with Crippen LogP contribution in [0.5, 0.6) is 5.75 Å². The first-order chi connectivity index (χ1) is 9.38. The molecule has 1 aromatic rings. The molecule has 110 valence electrons. The highest BCUT2D eigenvalue weighted by atomic mass is 16.5. The number of hydrogen-bond acceptors (Lipinski definition) is 4. The molecule has 0 bridgehead atoms. The van der Waals surface area contributed by atoms with Crippen molar-refractivity contribution in [3.05, 3.63) is 23.8 Å². The Morgan fingerprint density at radius 1 is 1.55 bits per heavy atom. The molecule has 5 heteroatoms. The number of nitrogens with two attached hydrogens (primary N) is 1. The smallest absolute Gasteiger partial charge is 0.326 e. The van der Waals surface area contributed by atoms with Gasteiger partial charge in [-0.2, -0.15) is 0 Å². The molecule has 1 atom stereocenters. The van der Waals surface area contributed by atoms with E-state index in [1.165, 1.54) is 0 Å². The van der Waals surface area contributed by atoms with E-state index in [1.54, 1.807) is 0 Å². The van der Waals surface area contributed by atoms with Crippen LogP contribution in [0.1, 0.15) is 32.8 Å². The van der Waals surface area contributed by atoms with Crippen LogP contribution in [0.25, 0.3) is 0 Å². The maximum absolute atomic E-state index is 11.5. The molecular weight excluding hydrogens is 256 g/mol. The SMILES string of the molecule is CCC(C(=O)O)N1CC(C)(C)Oc2cc(CN)ccc21. The van der Waals surface area contributed by atoms with Crippen molar-refractivity contribution in [3.63, 3.8) is 0 Å². The number of benzene rings is 1. The molecule has 0 fully saturated rings. The third-order valence-electron chi connectivity index (χ3n) is 3.55. The largest absolute Gasteiger partial charge is 0.484 e. The number of ether oxygens (including phenoxy) is 1. The fraction of sp³-hybridized carbons (Fsp3) is 0.533. The van der Waals surface area contributed by atoms with Gasteiger partial charge >= 0.3 is 5.97 Å². The van der Waals surface area contributed by atoms with E-state index >= 15 is 0 Å². The zero-order valence-electron chi connectivity index (χ0n) is 12.2. The zero-order valence-corrected chi connectivity index (χ0v) is 12.2. The molecule has 0 saturated heterocycles. The van der Waals surface area contributed by atoms with Crippen molar-refractivity contribution in [2.75, 3.05) is 11.4 Å². The maximum Gasteiger partial charge on any atom is 0.326 e. The molecule has 20 heavy (non-hydrogen) atoms. The number of aliphatic carboxylic acids is 1. The van der Waals surface area contributed by atoms with E-state index < -0.39 is 17.6 Å². The van der Waals surface area contributed by atoms with Crippen molar-refractivity contribution in [1.29, 1.82) is 0 Å². The Morgan fingerprint density at radius 2 is 2.25 bits per heavy atom. The lowest BCUT2D eigenvalue weighted by atomic mass is 10.0. The Bertz CT molecular complexity index is 514. The number of carboxylic acid groups (broad SMARTS) is 1. The van der Waals surface area contributed by atoms with Crippen LogP contribution in [0, 0.1) is 0 Å². The van der Waals surface area contributed by atoms with Crippen LogP contribution in [0.3, 0.4) is 0 Å². The van der Waals surface area contributed by atoms with Gasteiger partial charge in [-0.25, -0.2) is 4.79 Å². The molecule has 0 spiro atoms. The summed E-state index contributed by atoms with van der Waals surface area (Å²) in [6.07, 6.45) is 0.545. The Labute approximate surface area is 119 Å². The monoisotopic (exact) mass is 278 g/mol. The van der Waals surface area contributed by atoms with E-state index in [9.17, 15) is 9.90 Å². The minimum atomic E-state index is -0.806. The third kappa shape index (κ3) is 2.72. The Morgan fingerprint density at radius 3 is 2.80 bits per heavy atom. The van der Waals surface area contributed by atoms with Crippen molar-refractivity contribution < 1.29 is 14.6 Å². The van der Waals surface area contributed by atoms with Gasteiger partial charge in [0.25, 0.3) is 0 Å². The topological polar surface area (TPSA) is 75.8 Å². The molecule has 1 heterocycles. The van der Waals surface area contributed by atoms with Crippen molar-refractivity contribution in [2.24, 2.45) is 5.73 Å². The molecule has 1 unspecified atom stereocenters. The Kier molecular flexibility index (Phi) is 3.90. The molecule has 5 nitrogen and oxygen atoms in total. The lowest BCUT2D eigenvalue weighted by Crippen LogP contribution is -2.53. The maximum atomic E-state index is 11.5. The number of rotatable bonds is 4. The highest BCUT2D eigenvalue weighted by molar-refractivity contribution is 5.80. The van der Waals surface area contributed by atoms with Gasteiger partial charge in [-0.1, -0.05) is 13.0 Å². The molecule has 0 saturated carbocycles. The van der Waals surface area contributed by atoms with Crippen LogP contribution in [0.2, 0.25) is 0 Å². The fourth-order valence-electron chi connectivity index (χ4n) is 2.64. The van der Waals surface area contributed by atoms with Crippen molar-refractivity contribution in [3.8, 4) is 5.75 Å². The van der Waals surface area contributed by atoms with E-state index in [1.807, 2.05) is 43.9 Å². The van der Waals surface area contributed by atoms with Gasteiger partial charge in [0.15, 0.2) is 0 Å². The zero-order chi connectivity index (χ0) is 14.9. The van der Waals surface area contributed by atoms with Gasteiger partial charge in [-0.05, 0) is 38.0 Å². The minimum Gasteiger partial charge on any atom is -0.484 e. The highest BCUT2D eigenvalue weighted by Crippen LogP contribution is 2.39. The third-order valence-corrected chi connectivity index (χ3v) is 3.55. The second-order valence-corrected chi connectivity index (χ2v) is 5.76. The average molecular weight is 278 g/mol. The van der Waals surface area contributed by atoms with Crippen LogP contribution >= 0.6 is 0 Å². The lowest BCUT2D eigenvalue weighted by Gasteiger charge is -2.43. The van der Waals surface area contributed by atoms with Gasteiger partial charge in [0.05, 0.1) is 12.2 Å². The molecule has 0 aromatic heterocycles. The van der Waals surface area contributed by atoms with E-state index in [4.69, 9.17) is 10.5 Å². The summed E-state index contributed by atoms with van der Waals surface area (Å²) in [6, 6.07) is 5.18. The highest BCUT2D eigenvalue weighted by Gasteiger charge is 2.37. The predicted molar refractivity (Wildman–Crippen MR) is 78.1 cm³/mol. The minimum absolute atomic E-state index is 0.427. The molecular formula is C15H22N2O3. The predicted octanol–water partition coefficient (Wildman–Crippen LogP) is 1.99. The number of carboxylic acids is 1. The standard InChI is InChI=1S/C15H22N2O3/c1-4-11(14(18)19)17-9-15(2,3)20-13-7-10(8-16)5-6-12(13)17/h5-7,11H,4,8-9,16H2,1-3H3,(H,18,19). The summed E-state index contributed by atoms with van der Waals surface area (Å²) in [5.74, 6) is -0.0945. The fourth-order valence-corrected chi connectivity index (χ4v) is 2.64. The molecule has 2 rings (SSSR count). The number of fused-ring (bicyclic) bond motifs is 1. The molecule has 0 radical (unpaired) electrons. The van der Waals surface area contributed by atoms with E-state index in [-0.39, 0.29) is 0 Å². The normalized spacial score (nSPS) is 18.1. The molecule has 1 aliphatic heterocycles. The summed E-state index contributed by atoms with van der Waals surface area (Å²) < 4.78 is 5.98. The summed E-state index contributed by atoms with van der Waals surface area (Å²) >= 11 is 0. The van der Waals surface area contributed by atoms with Crippen LogP contribution in [0.15, 0.2) is 18.2 Å². The van der Waals surface area contributed by atoms with Gasteiger partial charge in [0.1, 0.15) is 17.4 Å². The molecule has 1 aliphatic rings. The summed E-state index contributed by atoms with van der Waals surface area (Å²) in [7, 11) is 0. The molecule has 0 amide bonds. The van der Waals surface area contributed by atoms with Gasteiger partial charge < -0.3 is 20.5 Å². The second kappa shape index (κ2) is 5.32. The number of nitrogens with zero attached hydrogens (tertiary/aromatic N) is 1. The Balaban J connectivity index is 2.47. The number of carbonyl (C=O) groups is 1.